The summed E-state index contributed by atoms with van der Waals surface area (Å²) in [7, 11) is 0. The van der Waals surface area contributed by atoms with Gasteiger partial charge in [-0.15, -0.1) is 0 Å². The molecule has 0 aliphatic rings. The van der Waals surface area contributed by atoms with E-state index in [2.05, 4.69) is 41.7 Å². The fourth-order valence-corrected chi connectivity index (χ4v) is 1.96. The van der Waals surface area contributed by atoms with E-state index < -0.39 is 0 Å². The standard InChI is InChI=1S/C17H18ClN/c18-17-10-8-16(9-11-17)7-4-13-19-14-12-15-5-2-1-3-6-15/h1-11,19H,12-14H2/b7-4+. The third kappa shape index (κ3) is 5.29. The minimum Gasteiger partial charge on any atom is -0.313 e. The first-order chi connectivity index (χ1) is 9.34. The summed E-state index contributed by atoms with van der Waals surface area (Å²) in [4.78, 5) is 0. The van der Waals surface area contributed by atoms with E-state index in [1.807, 2.05) is 30.3 Å². The maximum Gasteiger partial charge on any atom is 0.0406 e. The summed E-state index contributed by atoms with van der Waals surface area (Å²) in [5, 5.41) is 4.18. The molecule has 2 aromatic rings. The van der Waals surface area contributed by atoms with E-state index in [-0.39, 0.29) is 0 Å². The Morgan fingerprint density at radius 1 is 0.947 bits per heavy atom. The molecule has 0 radical (unpaired) electrons. The van der Waals surface area contributed by atoms with E-state index in [1.165, 1.54) is 11.1 Å². The van der Waals surface area contributed by atoms with E-state index >= 15 is 0 Å². The fraction of sp³-hybridized carbons (Fsp3) is 0.176. The van der Waals surface area contributed by atoms with Crippen LogP contribution < -0.4 is 5.32 Å². The Labute approximate surface area is 119 Å². The van der Waals surface area contributed by atoms with Crippen LogP contribution in [0.3, 0.4) is 0 Å². The second-order valence-corrected chi connectivity index (χ2v) is 4.83. The first kappa shape index (κ1) is 13.9. The van der Waals surface area contributed by atoms with Crippen molar-refractivity contribution in [3.8, 4) is 0 Å². The molecule has 0 atom stereocenters. The Kier molecular flexibility index (Phi) is 5.67. The lowest BCUT2D eigenvalue weighted by atomic mass is 10.1. The molecular weight excluding hydrogens is 254 g/mol. The molecule has 0 aliphatic carbocycles. The molecule has 0 heterocycles. The lowest BCUT2D eigenvalue weighted by Crippen LogP contribution is -2.16. The molecule has 0 aromatic heterocycles. The van der Waals surface area contributed by atoms with Crippen molar-refractivity contribution in [3.05, 3.63) is 76.8 Å². The van der Waals surface area contributed by atoms with Crippen molar-refractivity contribution >= 4 is 17.7 Å². The van der Waals surface area contributed by atoms with E-state index in [0.717, 1.165) is 24.5 Å². The number of rotatable bonds is 6. The van der Waals surface area contributed by atoms with E-state index in [9.17, 15) is 0 Å². The largest absolute Gasteiger partial charge is 0.313 e. The van der Waals surface area contributed by atoms with Crippen LogP contribution in [0.25, 0.3) is 6.08 Å². The van der Waals surface area contributed by atoms with Gasteiger partial charge >= 0.3 is 0 Å². The highest BCUT2D eigenvalue weighted by Crippen LogP contribution is 2.10. The van der Waals surface area contributed by atoms with Gasteiger partial charge in [0.15, 0.2) is 0 Å². The highest BCUT2D eigenvalue weighted by molar-refractivity contribution is 6.30. The molecule has 0 unspecified atom stereocenters. The number of benzene rings is 2. The molecule has 1 nitrogen and oxygen atoms in total. The zero-order valence-electron chi connectivity index (χ0n) is 10.9. The van der Waals surface area contributed by atoms with Crippen molar-refractivity contribution in [3.63, 3.8) is 0 Å². The quantitative estimate of drug-likeness (QED) is 0.777. The van der Waals surface area contributed by atoms with Crippen LogP contribution in [0.2, 0.25) is 5.02 Å². The molecule has 2 rings (SSSR count). The lowest BCUT2D eigenvalue weighted by molar-refractivity contribution is 0.745. The van der Waals surface area contributed by atoms with Crippen molar-refractivity contribution < 1.29 is 0 Å². The molecule has 0 bridgehead atoms. The molecule has 1 N–H and O–H groups in total. The Morgan fingerprint density at radius 2 is 1.68 bits per heavy atom. The van der Waals surface area contributed by atoms with Crippen molar-refractivity contribution in [2.75, 3.05) is 13.1 Å². The SMILES string of the molecule is Clc1ccc(/C=C/CNCCc2ccccc2)cc1. The minimum absolute atomic E-state index is 0.776. The van der Waals surface area contributed by atoms with Crippen LogP contribution in [-0.2, 0) is 6.42 Å². The zero-order valence-corrected chi connectivity index (χ0v) is 11.6. The Morgan fingerprint density at radius 3 is 2.42 bits per heavy atom. The Balaban J connectivity index is 1.65. The molecule has 0 aliphatic heterocycles. The van der Waals surface area contributed by atoms with Gasteiger partial charge in [-0.1, -0.05) is 66.2 Å². The second kappa shape index (κ2) is 7.78. The third-order valence-electron chi connectivity index (χ3n) is 2.88. The molecule has 0 amide bonds. The summed E-state index contributed by atoms with van der Waals surface area (Å²) < 4.78 is 0. The molecular formula is C17H18ClN. The number of hydrogen-bond donors (Lipinski definition) is 1. The summed E-state index contributed by atoms with van der Waals surface area (Å²) in [6.45, 7) is 1.88. The normalized spacial score (nSPS) is 11.0. The van der Waals surface area contributed by atoms with Crippen molar-refractivity contribution in [1.29, 1.82) is 0 Å². The Hall–Kier alpha value is -1.57. The van der Waals surface area contributed by atoms with Gasteiger partial charge in [-0.3, -0.25) is 0 Å². The van der Waals surface area contributed by atoms with Gasteiger partial charge in [0.2, 0.25) is 0 Å². The van der Waals surface area contributed by atoms with Crippen LogP contribution in [0.1, 0.15) is 11.1 Å². The van der Waals surface area contributed by atoms with E-state index in [0.29, 0.717) is 0 Å². The molecule has 19 heavy (non-hydrogen) atoms. The Bertz CT molecular complexity index is 503. The maximum absolute atomic E-state index is 5.84. The van der Waals surface area contributed by atoms with E-state index in [4.69, 9.17) is 11.6 Å². The monoisotopic (exact) mass is 271 g/mol. The van der Waals surface area contributed by atoms with Crippen LogP contribution >= 0.6 is 11.6 Å². The topological polar surface area (TPSA) is 12.0 Å². The predicted octanol–water partition coefficient (Wildman–Crippen LogP) is 4.19. The van der Waals surface area contributed by atoms with Crippen LogP contribution in [0.4, 0.5) is 0 Å². The minimum atomic E-state index is 0.776. The smallest absolute Gasteiger partial charge is 0.0406 e. The molecule has 98 valence electrons. The highest BCUT2D eigenvalue weighted by atomic mass is 35.5. The zero-order chi connectivity index (χ0) is 13.3. The van der Waals surface area contributed by atoms with Crippen molar-refractivity contribution in [1.82, 2.24) is 5.32 Å². The molecule has 2 heteroatoms. The van der Waals surface area contributed by atoms with Crippen LogP contribution in [0.5, 0.6) is 0 Å². The summed E-state index contributed by atoms with van der Waals surface area (Å²) in [6, 6.07) is 18.4. The van der Waals surface area contributed by atoms with Gasteiger partial charge in [0.25, 0.3) is 0 Å². The van der Waals surface area contributed by atoms with Gasteiger partial charge < -0.3 is 5.32 Å². The van der Waals surface area contributed by atoms with Gasteiger partial charge in [0.05, 0.1) is 0 Å². The fourth-order valence-electron chi connectivity index (χ4n) is 1.83. The number of hydrogen-bond acceptors (Lipinski definition) is 1. The molecule has 0 saturated heterocycles. The molecule has 0 fully saturated rings. The number of nitrogens with one attached hydrogen (secondary N) is 1. The van der Waals surface area contributed by atoms with Crippen molar-refractivity contribution in [2.24, 2.45) is 0 Å². The van der Waals surface area contributed by atoms with Gasteiger partial charge in [0.1, 0.15) is 0 Å². The van der Waals surface area contributed by atoms with Gasteiger partial charge in [-0.2, -0.15) is 0 Å². The van der Waals surface area contributed by atoms with Crippen molar-refractivity contribution in [2.45, 2.75) is 6.42 Å². The first-order valence-corrected chi connectivity index (χ1v) is 6.89. The van der Waals surface area contributed by atoms with Gasteiger partial charge in [0, 0.05) is 11.6 Å². The summed E-state index contributed by atoms with van der Waals surface area (Å²) in [5.74, 6) is 0. The number of halogens is 1. The molecule has 0 saturated carbocycles. The van der Waals surface area contributed by atoms with Crippen LogP contribution in [0.15, 0.2) is 60.7 Å². The predicted molar refractivity (Wildman–Crippen MR) is 83.5 cm³/mol. The molecule has 0 spiro atoms. The van der Waals surface area contributed by atoms with E-state index in [1.54, 1.807) is 0 Å². The van der Waals surface area contributed by atoms with Gasteiger partial charge in [-0.05, 0) is 36.2 Å². The average Bonchev–Trinajstić information content (AvgIpc) is 2.46. The summed E-state index contributed by atoms with van der Waals surface area (Å²) in [5.41, 5.74) is 2.55. The summed E-state index contributed by atoms with van der Waals surface area (Å²) >= 11 is 5.84. The average molecular weight is 272 g/mol. The maximum atomic E-state index is 5.84. The lowest BCUT2D eigenvalue weighted by Gasteiger charge is -2.01. The van der Waals surface area contributed by atoms with Crippen LogP contribution in [0, 0.1) is 0 Å². The van der Waals surface area contributed by atoms with Gasteiger partial charge in [-0.25, -0.2) is 0 Å². The highest BCUT2D eigenvalue weighted by Gasteiger charge is 1.90. The molecule has 2 aromatic carbocycles. The third-order valence-corrected chi connectivity index (χ3v) is 3.13. The van der Waals surface area contributed by atoms with Crippen LogP contribution in [-0.4, -0.2) is 13.1 Å². The summed E-state index contributed by atoms with van der Waals surface area (Å²) in [6.07, 6.45) is 5.30. The second-order valence-electron chi connectivity index (χ2n) is 4.39. The first-order valence-electron chi connectivity index (χ1n) is 6.51.